The average molecular weight is 379 g/mol. The molecule has 1 aliphatic heterocycles. The third kappa shape index (κ3) is 3.20. The van der Waals surface area contributed by atoms with Crippen molar-refractivity contribution in [2.24, 2.45) is 5.73 Å². The zero-order valence-electron chi connectivity index (χ0n) is 14.8. The molecule has 0 radical (unpaired) electrons. The number of amides is 2. The van der Waals surface area contributed by atoms with E-state index in [0.29, 0.717) is 19.4 Å². The molecule has 27 heavy (non-hydrogen) atoms. The molecule has 3 rings (SSSR count). The Morgan fingerprint density at radius 1 is 1.44 bits per heavy atom. The van der Waals surface area contributed by atoms with Crippen molar-refractivity contribution in [1.29, 1.82) is 0 Å². The summed E-state index contributed by atoms with van der Waals surface area (Å²) < 4.78 is 42.4. The van der Waals surface area contributed by atoms with Gasteiger partial charge in [-0.2, -0.15) is 0 Å². The van der Waals surface area contributed by atoms with E-state index < -0.39 is 24.1 Å². The average Bonchev–Trinajstić information content (AvgIpc) is 2.96. The van der Waals surface area contributed by atoms with Crippen LogP contribution in [0.3, 0.4) is 0 Å². The molecule has 1 aromatic heterocycles. The molecule has 1 saturated heterocycles. The van der Waals surface area contributed by atoms with E-state index in [-0.39, 0.29) is 45.7 Å². The van der Waals surface area contributed by atoms with Gasteiger partial charge in [0.1, 0.15) is 5.82 Å². The minimum Gasteiger partial charge on any atom is -0.366 e. The van der Waals surface area contributed by atoms with Crippen molar-refractivity contribution in [2.75, 3.05) is 13.1 Å². The number of benzene rings is 1. The van der Waals surface area contributed by atoms with Crippen LogP contribution in [0.4, 0.5) is 13.2 Å². The van der Waals surface area contributed by atoms with E-state index in [9.17, 15) is 22.8 Å². The number of carbonyl (C=O) groups excluding carboxylic acids is 2. The number of alkyl halides is 2. The van der Waals surface area contributed by atoms with Crippen LogP contribution in [-0.4, -0.2) is 34.8 Å². The van der Waals surface area contributed by atoms with E-state index in [1.807, 2.05) is 0 Å². The summed E-state index contributed by atoms with van der Waals surface area (Å²) in [5.74, 6) is -2.43. The number of aryl methyl sites for hydroxylation is 1. The van der Waals surface area contributed by atoms with Crippen molar-refractivity contribution >= 4 is 22.7 Å². The van der Waals surface area contributed by atoms with Gasteiger partial charge in [0.05, 0.1) is 11.1 Å². The van der Waals surface area contributed by atoms with Gasteiger partial charge in [0.15, 0.2) is 0 Å². The lowest BCUT2D eigenvalue weighted by atomic mass is 9.86. The number of rotatable bonds is 4. The van der Waals surface area contributed by atoms with Gasteiger partial charge in [-0.3, -0.25) is 9.59 Å². The van der Waals surface area contributed by atoms with Gasteiger partial charge in [0.2, 0.25) is 5.91 Å². The Labute approximate surface area is 154 Å². The van der Waals surface area contributed by atoms with Gasteiger partial charge in [-0.15, -0.1) is 0 Å². The van der Waals surface area contributed by atoms with E-state index in [2.05, 4.69) is 11.6 Å². The fourth-order valence-corrected chi connectivity index (χ4v) is 3.93. The quantitative estimate of drug-likeness (QED) is 0.797. The summed E-state index contributed by atoms with van der Waals surface area (Å²) in [5.41, 5.74) is 5.17. The monoisotopic (exact) mass is 379 g/mol. The van der Waals surface area contributed by atoms with Crippen molar-refractivity contribution < 1.29 is 22.8 Å². The molecule has 5 nitrogen and oxygen atoms in total. The molecule has 2 heterocycles. The molecule has 2 amide bonds. The highest BCUT2D eigenvalue weighted by Gasteiger charge is 2.32. The molecule has 0 spiro atoms. The minimum atomic E-state index is -2.85. The van der Waals surface area contributed by atoms with Gasteiger partial charge in [-0.25, -0.2) is 13.2 Å². The molecule has 1 aromatic carbocycles. The molecule has 1 aliphatic rings. The van der Waals surface area contributed by atoms with E-state index in [0.717, 1.165) is 6.07 Å². The first-order valence-corrected chi connectivity index (χ1v) is 8.60. The number of hydrogen-bond acceptors (Lipinski definition) is 2. The number of nitrogens with two attached hydrogens (primary N) is 1. The Morgan fingerprint density at radius 3 is 2.74 bits per heavy atom. The Kier molecular flexibility index (Phi) is 4.99. The lowest BCUT2D eigenvalue weighted by molar-refractivity contribution is -0.127. The number of halogens is 3. The van der Waals surface area contributed by atoms with E-state index in [4.69, 9.17) is 5.73 Å². The highest BCUT2D eigenvalue weighted by molar-refractivity contribution is 6.07. The van der Waals surface area contributed by atoms with Crippen molar-refractivity contribution in [1.82, 2.24) is 9.88 Å². The number of nitrogens with one attached hydrogen (secondary N) is 1. The van der Waals surface area contributed by atoms with Crippen LogP contribution in [-0.2, 0) is 4.79 Å². The number of nitrogens with zero attached hydrogens (tertiary/aromatic N) is 1. The summed E-state index contributed by atoms with van der Waals surface area (Å²) in [7, 11) is 0. The van der Waals surface area contributed by atoms with Crippen LogP contribution in [0.25, 0.3) is 10.9 Å². The Bertz CT molecular complexity index is 936. The van der Waals surface area contributed by atoms with Gasteiger partial charge in [-0.1, -0.05) is 6.58 Å². The smallest absolute Gasteiger partial charge is 0.266 e. The maximum absolute atomic E-state index is 15.0. The third-order valence-electron chi connectivity index (χ3n) is 5.10. The predicted molar refractivity (Wildman–Crippen MR) is 95.2 cm³/mol. The molecular formula is C19H20F3N3O2. The summed E-state index contributed by atoms with van der Waals surface area (Å²) in [5, 5.41) is -0.00537. The lowest BCUT2D eigenvalue weighted by Gasteiger charge is -2.33. The van der Waals surface area contributed by atoms with Crippen LogP contribution < -0.4 is 5.73 Å². The van der Waals surface area contributed by atoms with E-state index >= 15 is 0 Å². The fourth-order valence-electron chi connectivity index (χ4n) is 3.93. The maximum atomic E-state index is 15.0. The second-order valence-electron chi connectivity index (χ2n) is 6.73. The molecule has 2 aromatic rings. The number of piperidine rings is 1. The first-order chi connectivity index (χ1) is 12.8. The van der Waals surface area contributed by atoms with Crippen LogP contribution in [0, 0.1) is 12.7 Å². The molecular weight excluding hydrogens is 359 g/mol. The van der Waals surface area contributed by atoms with Gasteiger partial charge in [0, 0.05) is 41.2 Å². The Morgan fingerprint density at radius 2 is 2.15 bits per heavy atom. The highest BCUT2D eigenvalue weighted by atomic mass is 19.3. The van der Waals surface area contributed by atoms with Gasteiger partial charge < -0.3 is 15.6 Å². The van der Waals surface area contributed by atoms with Crippen LogP contribution in [0.5, 0.6) is 0 Å². The van der Waals surface area contributed by atoms with Gasteiger partial charge >= 0.3 is 0 Å². The van der Waals surface area contributed by atoms with E-state index in [1.165, 1.54) is 17.9 Å². The van der Waals surface area contributed by atoms with Crippen molar-refractivity contribution in [3.63, 3.8) is 0 Å². The first-order valence-electron chi connectivity index (χ1n) is 8.60. The number of carbonyl (C=O) groups is 2. The van der Waals surface area contributed by atoms with Gasteiger partial charge in [0.25, 0.3) is 12.3 Å². The molecule has 0 bridgehead atoms. The fraction of sp³-hybridized carbons (Fsp3) is 0.368. The summed E-state index contributed by atoms with van der Waals surface area (Å²) in [6, 6.07) is 0.986. The number of H-pyrrole nitrogens is 1. The number of likely N-dealkylation sites (tertiary alicyclic amines) is 1. The van der Waals surface area contributed by atoms with Crippen LogP contribution >= 0.6 is 0 Å². The van der Waals surface area contributed by atoms with E-state index in [1.54, 1.807) is 0 Å². The number of primary amides is 1. The molecule has 3 N–H and O–H groups in total. The van der Waals surface area contributed by atoms with Crippen molar-refractivity contribution in [2.45, 2.75) is 32.1 Å². The second-order valence-corrected chi connectivity index (χ2v) is 6.73. The SMILES string of the molecule is C=CC(=O)N1CCC[C@H](c2c(F)cc(C(N)=O)c3[nH]c(C)c(C(F)F)c23)C1. The molecule has 8 heteroatoms. The minimum absolute atomic E-state index is 0.00537. The molecule has 0 aliphatic carbocycles. The topological polar surface area (TPSA) is 79.2 Å². The standard InChI is InChI=1S/C19H20F3N3O2/c1-3-13(26)25-6-4-5-10(8-25)15-12(20)7-11(19(23)27)17-16(15)14(18(21)22)9(2)24-17/h3,7,10,18,24H,1,4-6,8H2,2H3,(H2,23,27)/t10-/m0/s1. The molecule has 1 fully saturated rings. The van der Waals surface area contributed by atoms with Crippen LogP contribution in [0.15, 0.2) is 18.7 Å². The maximum Gasteiger partial charge on any atom is 0.266 e. The zero-order valence-corrected chi connectivity index (χ0v) is 14.8. The van der Waals surface area contributed by atoms with Crippen LogP contribution in [0.1, 0.15) is 52.4 Å². The Balaban J connectivity index is 2.24. The normalized spacial score (nSPS) is 17.5. The summed E-state index contributed by atoms with van der Waals surface area (Å²) in [6.07, 6.45) is -0.531. The number of fused-ring (bicyclic) bond motifs is 1. The second kappa shape index (κ2) is 7.09. The number of aromatic amines is 1. The molecule has 0 saturated carbocycles. The number of hydrogen-bond donors (Lipinski definition) is 2. The molecule has 1 atom stereocenters. The molecule has 144 valence electrons. The van der Waals surface area contributed by atoms with Crippen molar-refractivity contribution in [3.8, 4) is 0 Å². The lowest BCUT2D eigenvalue weighted by Crippen LogP contribution is -2.38. The highest BCUT2D eigenvalue weighted by Crippen LogP contribution is 2.41. The zero-order chi connectivity index (χ0) is 19.9. The third-order valence-corrected chi connectivity index (χ3v) is 5.10. The largest absolute Gasteiger partial charge is 0.366 e. The van der Waals surface area contributed by atoms with Crippen LogP contribution in [0.2, 0.25) is 0 Å². The number of aromatic nitrogens is 1. The Hall–Kier alpha value is -2.77. The molecule has 0 unspecified atom stereocenters. The summed E-state index contributed by atoms with van der Waals surface area (Å²) in [6.45, 7) is 5.59. The first kappa shape index (κ1) is 19.0. The predicted octanol–water partition coefficient (Wildman–Crippen LogP) is 3.54. The van der Waals surface area contributed by atoms with Crippen molar-refractivity contribution in [3.05, 3.63) is 46.9 Å². The van der Waals surface area contributed by atoms with Gasteiger partial charge in [-0.05, 0) is 31.9 Å². The summed E-state index contributed by atoms with van der Waals surface area (Å²) in [4.78, 5) is 27.9. The summed E-state index contributed by atoms with van der Waals surface area (Å²) >= 11 is 0.